The first kappa shape index (κ1) is 24.2. The Kier molecular flexibility index (Phi) is 7.19. The van der Waals surface area contributed by atoms with Gasteiger partial charge in [0.25, 0.3) is 0 Å². The van der Waals surface area contributed by atoms with E-state index in [4.69, 9.17) is 11.6 Å². The van der Waals surface area contributed by atoms with Crippen molar-refractivity contribution in [1.82, 2.24) is 14.3 Å². The third kappa shape index (κ3) is 4.28. The van der Waals surface area contributed by atoms with Crippen LogP contribution >= 0.6 is 23.1 Å². The number of aromatic nitrogens is 2. The molecule has 0 aliphatic carbocycles. The first-order chi connectivity index (χ1) is 16.4. The van der Waals surface area contributed by atoms with Crippen LogP contribution < -0.4 is 10.2 Å². The lowest BCUT2D eigenvalue weighted by atomic mass is 9.97. The van der Waals surface area contributed by atoms with E-state index in [0.29, 0.717) is 48.1 Å². The van der Waals surface area contributed by atoms with Crippen LogP contribution in [0.5, 0.6) is 0 Å². The summed E-state index contributed by atoms with van der Waals surface area (Å²) in [5.41, 5.74) is 2.94. The van der Waals surface area contributed by atoms with Crippen LogP contribution in [0.25, 0.3) is 28.2 Å². The molecule has 1 aromatic carbocycles. The normalized spacial score (nSPS) is 14.3. The summed E-state index contributed by atoms with van der Waals surface area (Å²) in [6, 6.07) is 3.76. The minimum atomic E-state index is -0.473. The Bertz CT molecular complexity index is 1280. The smallest absolute Gasteiger partial charge is 0.246 e. The molecule has 1 fully saturated rings. The molecule has 1 saturated heterocycles. The summed E-state index contributed by atoms with van der Waals surface area (Å²) in [7, 11) is 1.79. The molecule has 0 saturated carbocycles. The molecule has 3 heterocycles. The lowest BCUT2D eigenvalue weighted by Crippen LogP contribution is -2.48. The third-order valence-electron chi connectivity index (χ3n) is 6.05. The Balaban J connectivity index is 1.80. The minimum Gasteiger partial charge on any atom is -0.373 e. The van der Waals surface area contributed by atoms with Crippen LogP contribution in [0.3, 0.4) is 0 Å². The molecule has 0 unspecified atom stereocenters. The van der Waals surface area contributed by atoms with E-state index in [2.05, 4.69) is 33.1 Å². The van der Waals surface area contributed by atoms with Crippen molar-refractivity contribution in [2.24, 2.45) is 0 Å². The molecular weight excluding hydrogens is 473 g/mol. The summed E-state index contributed by atoms with van der Waals surface area (Å²) in [5, 5.41) is 4.89. The van der Waals surface area contributed by atoms with E-state index in [1.165, 1.54) is 17.6 Å². The number of anilines is 2. The van der Waals surface area contributed by atoms with Crippen molar-refractivity contribution in [3.05, 3.63) is 52.8 Å². The molecule has 6 nitrogen and oxygen atoms in total. The van der Waals surface area contributed by atoms with Crippen molar-refractivity contribution in [3.8, 4) is 11.3 Å². The van der Waals surface area contributed by atoms with Gasteiger partial charge < -0.3 is 15.1 Å². The zero-order valence-electron chi connectivity index (χ0n) is 19.5. The van der Waals surface area contributed by atoms with Crippen molar-refractivity contribution in [2.75, 3.05) is 43.4 Å². The van der Waals surface area contributed by atoms with Gasteiger partial charge in [0.15, 0.2) is 5.82 Å². The third-order valence-corrected chi connectivity index (χ3v) is 7.27. The number of hydrogen-bond acceptors (Lipinski definition) is 6. The summed E-state index contributed by atoms with van der Waals surface area (Å²) < 4.78 is 20.5. The number of fused-ring (bicyclic) bond motifs is 1. The number of nitrogens with zero attached hydrogens (tertiary/aromatic N) is 4. The van der Waals surface area contributed by atoms with Gasteiger partial charge in [-0.2, -0.15) is 4.37 Å². The summed E-state index contributed by atoms with van der Waals surface area (Å²) in [6.45, 7) is 9.95. The van der Waals surface area contributed by atoms with E-state index in [-0.39, 0.29) is 17.0 Å². The SMILES string of the molecule is C=CC(=O)N1CCN(c2snc3c(F)c(-c4nc(NC)cc(CC)c4/C=C\C)c(Cl)cc23)CC1. The van der Waals surface area contributed by atoms with Crippen LogP contribution in [0.4, 0.5) is 15.2 Å². The van der Waals surface area contributed by atoms with Crippen molar-refractivity contribution in [2.45, 2.75) is 20.3 Å². The number of halogens is 2. The van der Waals surface area contributed by atoms with E-state index in [9.17, 15) is 4.79 Å². The molecule has 1 aliphatic rings. The fourth-order valence-electron chi connectivity index (χ4n) is 4.27. The molecule has 0 spiro atoms. The minimum absolute atomic E-state index is 0.0766. The second-order valence-corrected chi connectivity index (χ2v) is 9.14. The van der Waals surface area contributed by atoms with Crippen LogP contribution in [-0.4, -0.2) is 53.4 Å². The quantitative estimate of drug-likeness (QED) is 0.446. The Morgan fingerprint density at radius 2 is 2.06 bits per heavy atom. The summed E-state index contributed by atoms with van der Waals surface area (Å²) in [4.78, 5) is 20.5. The van der Waals surface area contributed by atoms with Gasteiger partial charge in [-0.05, 0) is 48.6 Å². The molecule has 0 radical (unpaired) electrons. The number of rotatable bonds is 6. The first-order valence-corrected chi connectivity index (χ1v) is 12.4. The van der Waals surface area contributed by atoms with E-state index in [0.717, 1.165) is 22.5 Å². The molecule has 34 heavy (non-hydrogen) atoms. The highest BCUT2D eigenvalue weighted by Crippen LogP contribution is 2.42. The summed E-state index contributed by atoms with van der Waals surface area (Å²) >= 11 is 7.98. The van der Waals surface area contributed by atoms with Gasteiger partial charge in [-0.1, -0.05) is 37.3 Å². The van der Waals surface area contributed by atoms with Crippen LogP contribution in [0.15, 0.2) is 30.9 Å². The molecule has 1 amide bonds. The predicted octanol–water partition coefficient (Wildman–Crippen LogP) is 5.62. The largest absolute Gasteiger partial charge is 0.373 e. The highest BCUT2D eigenvalue weighted by molar-refractivity contribution is 7.11. The van der Waals surface area contributed by atoms with Crippen LogP contribution in [0.1, 0.15) is 25.0 Å². The number of hydrogen-bond donors (Lipinski definition) is 1. The topological polar surface area (TPSA) is 61.4 Å². The Labute approximate surface area is 207 Å². The molecule has 178 valence electrons. The zero-order valence-corrected chi connectivity index (χ0v) is 21.1. The number of aryl methyl sites for hydroxylation is 1. The van der Waals surface area contributed by atoms with E-state index in [1.807, 2.05) is 25.1 Å². The zero-order chi connectivity index (χ0) is 24.4. The standard InChI is InChI=1S/C25H27ClFN5OS/c1-5-8-16-15(6-2)13-19(28-4)29-23(16)21-18(26)14-17-24(22(21)27)30-34-25(17)32-11-9-31(10-12-32)20(33)7-3/h5,7-8,13-14H,3,6,9-12H2,1-2,4H3,(H,28,29)/b8-5-. The number of allylic oxidation sites excluding steroid dienone is 1. The van der Waals surface area contributed by atoms with E-state index < -0.39 is 5.82 Å². The van der Waals surface area contributed by atoms with Gasteiger partial charge in [0.2, 0.25) is 5.91 Å². The second kappa shape index (κ2) is 10.1. The van der Waals surface area contributed by atoms with Crippen molar-refractivity contribution >= 4 is 56.8 Å². The van der Waals surface area contributed by atoms with Crippen molar-refractivity contribution in [3.63, 3.8) is 0 Å². The van der Waals surface area contributed by atoms with Gasteiger partial charge in [0.1, 0.15) is 16.3 Å². The van der Waals surface area contributed by atoms with E-state index >= 15 is 4.39 Å². The average molecular weight is 500 g/mol. The predicted molar refractivity (Wildman–Crippen MR) is 140 cm³/mol. The number of carbonyl (C=O) groups excluding carboxylic acids is 1. The number of carbonyl (C=O) groups is 1. The Morgan fingerprint density at radius 3 is 2.68 bits per heavy atom. The number of nitrogens with one attached hydrogen (secondary N) is 1. The summed E-state index contributed by atoms with van der Waals surface area (Å²) in [6.07, 6.45) is 5.96. The second-order valence-electron chi connectivity index (χ2n) is 7.98. The van der Waals surface area contributed by atoms with Gasteiger partial charge in [-0.3, -0.25) is 4.79 Å². The molecule has 0 bridgehead atoms. The lowest BCUT2D eigenvalue weighted by Gasteiger charge is -2.34. The maximum atomic E-state index is 16.0. The number of pyridine rings is 1. The molecule has 4 rings (SSSR count). The molecule has 9 heteroatoms. The molecule has 0 atom stereocenters. The number of benzene rings is 1. The Morgan fingerprint density at radius 1 is 1.32 bits per heavy atom. The Hall–Kier alpha value is -2.97. The van der Waals surface area contributed by atoms with Crippen LogP contribution in [0, 0.1) is 5.82 Å². The van der Waals surface area contributed by atoms with Gasteiger partial charge in [0.05, 0.1) is 16.3 Å². The highest BCUT2D eigenvalue weighted by Gasteiger charge is 2.26. The van der Waals surface area contributed by atoms with Crippen molar-refractivity contribution in [1.29, 1.82) is 0 Å². The fraction of sp³-hybridized carbons (Fsp3) is 0.320. The fourth-order valence-corrected chi connectivity index (χ4v) is 5.46. The first-order valence-electron chi connectivity index (χ1n) is 11.2. The number of amides is 1. The van der Waals surface area contributed by atoms with Gasteiger partial charge in [-0.25, -0.2) is 9.37 Å². The monoisotopic (exact) mass is 499 g/mol. The van der Waals surface area contributed by atoms with E-state index in [1.54, 1.807) is 18.0 Å². The lowest BCUT2D eigenvalue weighted by molar-refractivity contribution is -0.126. The maximum absolute atomic E-state index is 16.0. The maximum Gasteiger partial charge on any atom is 0.246 e. The molecule has 1 aliphatic heterocycles. The molecule has 1 N–H and O–H groups in total. The summed E-state index contributed by atoms with van der Waals surface area (Å²) in [5.74, 6) is 0.104. The molecule has 2 aromatic heterocycles. The van der Waals surface area contributed by atoms with Gasteiger partial charge in [0, 0.05) is 44.2 Å². The van der Waals surface area contributed by atoms with Gasteiger partial charge in [-0.15, -0.1) is 0 Å². The molecule has 3 aromatic rings. The van der Waals surface area contributed by atoms with Crippen molar-refractivity contribution < 1.29 is 9.18 Å². The molecular formula is C25H27ClFN5OS. The highest BCUT2D eigenvalue weighted by atomic mass is 35.5. The van der Waals surface area contributed by atoms with Crippen LogP contribution in [-0.2, 0) is 11.2 Å². The number of piperazine rings is 1. The van der Waals surface area contributed by atoms with Gasteiger partial charge >= 0.3 is 0 Å². The van der Waals surface area contributed by atoms with Crippen LogP contribution in [0.2, 0.25) is 5.02 Å². The average Bonchev–Trinajstić information content (AvgIpc) is 3.28.